The van der Waals surface area contributed by atoms with E-state index >= 15 is 0 Å². The van der Waals surface area contributed by atoms with Gasteiger partial charge in [-0.15, -0.1) is 0 Å². The fourth-order valence-corrected chi connectivity index (χ4v) is 6.62. The zero-order chi connectivity index (χ0) is 23.3. The molecule has 7 nitrogen and oxygen atoms in total. The fourth-order valence-electron chi connectivity index (χ4n) is 4.07. The number of anilines is 2. The topological polar surface area (TPSA) is 78.0 Å². The van der Waals surface area contributed by atoms with Crippen LogP contribution in [0.5, 0.6) is 0 Å². The Morgan fingerprint density at radius 2 is 1.69 bits per heavy atom. The molecular weight excluding hydrogens is 473 g/mol. The summed E-state index contributed by atoms with van der Waals surface area (Å²) in [6, 6.07) is 12.0. The number of hydrogen-bond acceptors (Lipinski definition) is 5. The van der Waals surface area contributed by atoms with Gasteiger partial charge in [0.15, 0.2) is 0 Å². The van der Waals surface area contributed by atoms with Crippen LogP contribution in [0.1, 0.15) is 24.2 Å². The number of sulfonamides is 1. The molecule has 0 N–H and O–H groups in total. The van der Waals surface area contributed by atoms with Gasteiger partial charge in [-0.1, -0.05) is 29.3 Å². The number of benzene rings is 2. The number of halogens is 2. The van der Waals surface area contributed by atoms with E-state index in [0.29, 0.717) is 31.2 Å². The lowest BCUT2D eigenvalue weighted by molar-refractivity contribution is -0.123. The van der Waals surface area contributed by atoms with E-state index in [-0.39, 0.29) is 27.9 Å². The van der Waals surface area contributed by atoms with E-state index in [0.717, 1.165) is 9.99 Å². The Hall–Kier alpha value is -2.29. The number of piperazine rings is 1. The molecule has 0 atom stereocenters. The molecular formula is C22H23Cl2N3O4S. The number of nitrogens with zero attached hydrogens (tertiary/aromatic N) is 3. The SMILES string of the molecule is CC1(C)CS(=O)(=O)N(c2cc(C(=O)N3CCN(c4cccc(Cl)c4)CC3)ccc2Cl)C1=O. The predicted molar refractivity (Wildman–Crippen MR) is 126 cm³/mol. The Morgan fingerprint density at radius 1 is 1.00 bits per heavy atom. The quantitative estimate of drug-likeness (QED) is 0.649. The van der Waals surface area contributed by atoms with E-state index in [1.54, 1.807) is 24.8 Å². The molecule has 2 aliphatic heterocycles. The van der Waals surface area contributed by atoms with Crippen molar-refractivity contribution in [3.63, 3.8) is 0 Å². The molecule has 32 heavy (non-hydrogen) atoms. The monoisotopic (exact) mass is 495 g/mol. The van der Waals surface area contributed by atoms with E-state index in [1.165, 1.54) is 12.1 Å². The molecule has 0 bridgehead atoms. The molecule has 2 aromatic rings. The highest BCUT2D eigenvalue weighted by Gasteiger charge is 2.50. The van der Waals surface area contributed by atoms with Crippen molar-refractivity contribution in [2.24, 2.45) is 5.41 Å². The molecule has 2 amide bonds. The van der Waals surface area contributed by atoms with Crippen molar-refractivity contribution in [3.05, 3.63) is 58.1 Å². The lowest BCUT2D eigenvalue weighted by atomic mass is 9.95. The lowest BCUT2D eigenvalue weighted by Crippen LogP contribution is -2.48. The fraction of sp³-hybridized carbons (Fsp3) is 0.364. The van der Waals surface area contributed by atoms with Gasteiger partial charge in [0, 0.05) is 42.5 Å². The van der Waals surface area contributed by atoms with Crippen LogP contribution >= 0.6 is 23.2 Å². The third-order valence-electron chi connectivity index (χ3n) is 5.74. The highest BCUT2D eigenvalue weighted by Crippen LogP contribution is 2.39. The maximum atomic E-state index is 13.1. The van der Waals surface area contributed by atoms with Gasteiger partial charge >= 0.3 is 0 Å². The summed E-state index contributed by atoms with van der Waals surface area (Å²) in [5.74, 6) is -1.10. The second-order valence-electron chi connectivity index (χ2n) is 8.63. The largest absolute Gasteiger partial charge is 0.368 e. The minimum atomic E-state index is -3.87. The molecule has 2 fully saturated rings. The molecule has 2 heterocycles. The van der Waals surface area contributed by atoms with E-state index < -0.39 is 21.3 Å². The number of rotatable bonds is 3. The van der Waals surface area contributed by atoms with E-state index in [9.17, 15) is 18.0 Å². The molecule has 0 aromatic heterocycles. The summed E-state index contributed by atoms with van der Waals surface area (Å²) in [5.41, 5.74) is 0.247. The first-order valence-corrected chi connectivity index (χ1v) is 12.5. The van der Waals surface area contributed by atoms with Crippen molar-refractivity contribution < 1.29 is 18.0 Å². The number of carbonyl (C=O) groups is 2. The summed E-state index contributed by atoms with van der Waals surface area (Å²) in [5, 5.41) is 0.756. The second-order valence-corrected chi connectivity index (χ2v) is 11.3. The van der Waals surface area contributed by atoms with Gasteiger partial charge in [-0.05, 0) is 50.2 Å². The van der Waals surface area contributed by atoms with Gasteiger partial charge in [0.2, 0.25) is 15.9 Å². The Labute approximate surface area is 197 Å². The van der Waals surface area contributed by atoms with Crippen LogP contribution in [0.15, 0.2) is 42.5 Å². The summed E-state index contributed by atoms with van der Waals surface area (Å²) in [6.07, 6.45) is 0. The van der Waals surface area contributed by atoms with Gasteiger partial charge in [-0.25, -0.2) is 12.7 Å². The molecule has 2 aromatic carbocycles. The van der Waals surface area contributed by atoms with Gasteiger partial charge < -0.3 is 9.80 Å². The van der Waals surface area contributed by atoms with Crippen LogP contribution in [0.3, 0.4) is 0 Å². The maximum absolute atomic E-state index is 13.1. The van der Waals surface area contributed by atoms with Gasteiger partial charge in [0.1, 0.15) is 0 Å². The minimum absolute atomic E-state index is 0.0191. The standard InChI is InChI=1S/C22H23Cl2N3O4S/c1-22(2)14-32(30,31)27(21(22)29)19-12-15(6-7-18(19)24)20(28)26-10-8-25(9-11-26)17-5-3-4-16(23)13-17/h3-7,12-13H,8-11,14H2,1-2H3. The van der Waals surface area contributed by atoms with Gasteiger partial charge in [-0.3, -0.25) is 9.59 Å². The van der Waals surface area contributed by atoms with E-state index in [1.807, 2.05) is 24.3 Å². The highest BCUT2D eigenvalue weighted by atomic mass is 35.5. The maximum Gasteiger partial charge on any atom is 0.254 e. The van der Waals surface area contributed by atoms with Crippen molar-refractivity contribution in [1.29, 1.82) is 0 Å². The summed E-state index contributed by atoms with van der Waals surface area (Å²) >= 11 is 12.3. The minimum Gasteiger partial charge on any atom is -0.368 e. The Kier molecular flexibility index (Phi) is 5.90. The molecule has 0 aliphatic carbocycles. The number of amides is 2. The molecule has 170 valence electrons. The number of hydrogen-bond donors (Lipinski definition) is 0. The molecule has 0 saturated carbocycles. The van der Waals surface area contributed by atoms with Crippen LogP contribution in [0.2, 0.25) is 10.0 Å². The molecule has 10 heteroatoms. The van der Waals surface area contributed by atoms with Gasteiger partial charge in [0.25, 0.3) is 5.91 Å². The average molecular weight is 496 g/mol. The summed E-state index contributed by atoms with van der Waals surface area (Å²) in [6.45, 7) is 5.43. The predicted octanol–water partition coefficient (Wildman–Crippen LogP) is 3.66. The van der Waals surface area contributed by atoms with Crippen molar-refractivity contribution in [1.82, 2.24) is 4.90 Å². The first-order chi connectivity index (χ1) is 15.0. The van der Waals surface area contributed by atoms with Crippen LogP contribution in [0.4, 0.5) is 11.4 Å². The first-order valence-electron chi connectivity index (χ1n) is 10.2. The molecule has 0 unspecified atom stereocenters. The second kappa shape index (κ2) is 8.24. The molecule has 2 saturated heterocycles. The molecule has 4 rings (SSSR count). The summed E-state index contributed by atoms with van der Waals surface area (Å²) < 4.78 is 26.0. The third kappa shape index (κ3) is 4.19. The number of carbonyl (C=O) groups excluding carboxylic acids is 2. The first kappa shape index (κ1) is 22.9. The van der Waals surface area contributed by atoms with Crippen molar-refractivity contribution in [3.8, 4) is 0 Å². The zero-order valence-electron chi connectivity index (χ0n) is 17.7. The normalized spacial score (nSPS) is 20.0. The Bertz CT molecular complexity index is 1190. The van der Waals surface area contributed by atoms with Crippen LogP contribution in [-0.4, -0.2) is 57.1 Å². The molecule has 2 aliphatic rings. The third-order valence-corrected chi connectivity index (χ3v) is 8.30. The highest BCUT2D eigenvalue weighted by molar-refractivity contribution is 7.94. The van der Waals surface area contributed by atoms with Crippen molar-refractivity contribution in [2.75, 3.05) is 41.1 Å². The van der Waals surface area contributed by atoms with E-state index in [2.05, 4.69) is 4.90 Å². The van der Waals surface area contributed by atoms with E-state index in [4.69, 9.17) is 23.2 Å². The Morgan fingerprint density at radius 3 is 2.28 bits per heavy atom. The van der Waals surface area contributed by atoms with Gasteiger partial charge in [-0.2, -0.15) is 0 Å². The van der Waals surface area contributed by atoms with Crippen molar-refractivity contribution in [2.45, 2.75) is 13.8 Å². The lowest BCUT2D eigenvalue weighted by Gasteiger charge is -2.36. The summed E-state index contributed by atoms with van der Waals surface area (Å²) in [7, 11) is -3.87. The Balaban J connectivity index is 1.54. The van der Waals surface area contributed by atoms with Gasteiger partial charge in [0.05, 0.1) is 21.9 Å². The zero-order valence-corrected chi connectivity index (χ0v) is 20.0. The molecule has 0 radical (unpaired) electrons. The summed E-state index contributed by atoms with van der Waals surface area (Å²) in [4.78, 5) is 29.7. The van der Waals surface area contributed by atoms with Crippen LogP contribution in [-0.2, 0) is 14.8 Å². The van der Waals surface area contributed by atoms with Crippen molar-refractivity contribution >= 4 is 56.4 Å². The average Bonchev–Trinajstić information content (AvgIpc) is 2.90. The van der Waals surface area contributed by atoms with Crippen LogP contribution in [0, 0.1) is 5.41 Å². The van der Waals surface area contributed by atoms with Crippen LogP contribution in [0.25, 0.3) is 0 Å². The molecule has 0 spiro atoms. The van der Waals surface area contributed by atoms with Crippen LogP contribution < -0.4 is 9.21 Å². The smallest absolute Gasteiger partial charge is 0.254 e.